The van der Waals surface area contributed by atoms with E-state index < -0.39 is 10.8 Å². The molecule has 1 aliphatic rings. The van der Waals surface area contributed by atoms with Gasteiger partial charge in [-0.2, -0.15) is 0 Å². The van der Waals surface area contributed by atoms with Crippen molar-refractivity contribution in [2.24, 2.45) is 0 Å². The molecule has 0 radical (unpaired) electrons. The van der Waals surface area contributed by atoms with Crippen molar-refractivity contribution in [3.8, 4) is 0 Å². The first kappa shape index (κ1) is 23.0. The van der Waals surface area contributed by atoms with Gasteiger partial charge in [-0.3, -0.25) is 19.8 Å². The van der Waals surface area contributed by atoms with Crippen molar-refractivity contribution in [1.29, 1.82) is 0 Å². The van der Waals surface area contributed by atoms with E-state index >= 15 is 0 Å². The Morgan fingerprint density at radius 2 is 1.79 bits per heavy atom. The van der Waals surface area contributed by atoms with Gasteiger partial charge in [-0.25, -0.2) is 4.79 Å². The molecular formula is C26H26N4O4. The van der Waals surface area contributed by atoms with Crippen LogP contribution in [0.5, 0.6) is 0 Å². The van der Waals surface area contributed by atoms with Crippen molar-refractivity contribution < 1.29 is 14.5 Å². The lowest BCUT2D eigenvalue weighted by Gasteiger charge is -2.36. The minimum absolute atomic E-state index is 0.0767. The van der Waals surface area contributed by atoms with E-state index in [0.29, 0.717) is 36.6 Å². The molecule has 1 aliphatic heterocycles. The van der Waals surface area contributed by atoms with Gasteiger partial charge in [-0.1, -0.05) is 36.4 Å². The van der Waals surface area contributed by atoms with Crippen LogP contribution in [0.25, 0.3) is 0 Å². The molecule has 4 rings (SSSR count). The first-order chi connectivity index (χ1) is 16.3. The maximum Gasteiger partial charge on any atom is 0.324 e. The second kappa shape index (κ2) is 9.74. The number of carbonyl (C=O) groups excluding carboxylic acids is 2. The van der Waals surface area contributed by atoms with Crippen molar-refractivity contribution in [2.45, 2.75) is 26.8 Å². The van der Waals surface area contributed by atoms with Gasteiger partial charge in [0.2, 0.25) is 0 Å². The van der Waals surface area contributed by atoms with Crippen LogP contribution in [0.2, 0.25) is 0 Å². The van der Waals surface area contributed by atoms with E-state index in [1.165, 1.54) is 6.07 Å². The first-order valence-electron chi connectivity index (χ1n) is 11.1. The van der Waals surface area contributed by atoms with Gasteiger partial charge in [0, 0.05) is 48.2 Å². The highest BCUT2D eigenvalue weighted by molar-refractivity contribution is 6.05. The third kappa shape index (κ3) is 4.91. The molecule has 0 atom stereocenters. The van der Waals surface area contributed by atoms with Crippen molar-refractivity contribution >= 4 is 29.0 Å². The van der Waals surface area contributed by atoms with E-state index in [1.54, 1.807) is 42.2 Å². The Hall–Kier alpha value is -4.20. The summed E-state index contributed by atoms with van der Waals surface area (Å²) in [6.45, 7) is 5.49. The summed E-state index contributed by atoms with van der Waals surface area (Å²) < 4.78 is 0. The summed E-state index contributed by atoms with van der Waals surface area (Å²) in [4.78, 5) is 40.2. The number of nitro groups is 1. The predicted octanol–water partition coefficient (Wildman–Crippen LogP) is 5.30. The SMILES string of the molecule is Cc1ccccc1CN1CCCN(c2cccc(NC(=O)c3ccc(C)c([N+](=O)[O-])c3)c2)C1=O. The number of nitro benzene ring substituents is 1. The molecule has 8 nitrogen and oxygen atoms in total. The third-order valence-electron chi connectivity index (χ3n) is 6.02. The number of amides is 3. The highest BCUT2D eigenvalue weighted by atomic mass is 16.6. The van der Waals surface area contributed by atoms with E-state index in [2.05, 4.69) is 5.32 Å². The number of benzene rings is 3. The highest BCUT2D eigenvalue weighted by Crippen LogP contribution is 2.26. The molecule has 34 heavy (non-hydrogen) atoms. The largest absolute Gasteiger partial charge is 0.324 e. The Labute approximate surface area is 198 Å². The van der Waals surface area contributed by atoms with Crippen molar-refractivity contribution in [1.82, 2.24) is 4.90 Å². The minimum Gasteiger partial charge on any atom is -0.322 e. The zero-order chi connectivity index (χ0) is 24.2. The number of nitrogens with one attached hydrogen (secondary N) is 1. The molecule has 1 heterocycles. The van der Waals surface area contributed by atoms with E-state index in [4.69, 9.17) is 0 Å². The molecule has 0 aromatic heterocycles. The number of anilines is 2. The fourth-order valence-corrected chi connectivity index (χ4v) is 4.06. The molecule has 3 aromatic rings. The highest BCUT2D eigenvalue weighted by Gasteiger charge is 2.27. The second-order valence-corrected chi connectivity index (χ2v) is 8.40. The molecule has 8 heteroatoms. The number of nitrogens with zero attached hydrogens (tertiary/aromatic N) is 3. The van der Waals surface area contributed by atoms with Crippen molar-refractivity contribution in [2.75, 3.05) is 23.3 Å². The molecule has 0 aliphatic carbocycles. The van der Waals surface area contributed by atoms with Crippen LogP contribution in [0.3, 0.4) is 0 Å². The monoisotopic (exact) mass is 458 g/mol. The van der Waals surface area contributed by atoms with E-state index in [0.717, 1.165) is 17.5 Å². The molecule has 1 fully saturated rings. The Morgan fingerprint density at radius 3 is 2.56 bits per heavy atom. The molecule has 0 spiro atoms. The Kier molecular flexibility index (Phi) is 6.58. The van der Waals surface area contributed by atoms with Gasteiger partial charge in [0.05, 0.1) is 4.92 Å². The Bertz CT molecular complexity index is 1260. The van der Waals surface area contributed by atoms with Gasteiger partial charge in [-0.15, -0.1) is 0 Å². The lowest BCUT2D eigenvalue weighted by molar-refractivity contribution is -0.385. The summed E-state index contributed by atoms with van der Waals surface area (Å²) >= 11 is 0. The van der Waals surface area contributed by atoms with Gasteiger partial charge < -0.3 is 10.2 Å². The number of carbonyl (C=O) groups is 2. The fraction of sp³-hybridized carbons (Fsp3) is 0.231. The molecule has 174 valence electrons. The van der Waals surface area contributed by atoms with Crippen LogP contribution in [0.4, 0.5) is 21.9 Å². The van der Waals surface area contributed by atoms with Gasteiger partial charge >= 0.3 is 6.03 Å². The van der Waals surface area contributed by atoms with Gasteiger partial charge in [-0.05, 0) is 55.7 Å². The molecule has 3 aromatic carbocycles. The summed E-state index contributed by atoms with van der Waals surface area (Å²) in [6.07, 6.45) is 0.835. The topological polar surface area (TPSA) is 95.8 Å². The van der Waals surface area contributed by atoms with E-state index in [9.17, 15) is 19.7 Å². The van der Waals surface area contributed by atoms with Gasteiger partial charge in [0.25, 0.3) is 11.6 Å². The van der Waals surface area contributed by atoms with Crippen LogP contribution in [-0.2, 0) is 6.54 Å². The fourth-order valence-electron chi connectivity index (χ4n) is 4.06. The van der Waals surface area contributed by atoms with Crippen LogP contribution >= 0.6 is 0 Å². The molecule has 1 N–H and O–H groups in total. The van der Waals surface area contributed by atoms with Crippen LogP contribution in [-0.4, -0.2) is 34.9 Å². The molecule has 0 bridgehead atoms. The Balaban J connectivity index is 1.50. The average Bonchev–Trinajstić information content (AvgIpc) is 2.82. The van der Waals surface area contributed by atoms with Crippen molar-refractivity contribution in [3.63, 3.8) is 0 Å². The van der Waals surface area contributed by atoms with Gasteiger partial charge in [0.15, 0.2) is 0 Å². The minimum atomic E-state index is -0.503. The summed E-state index contributed by atoms with van der Waals surface area (Å²) in [5.41, 5.74) is 4.04. The lowest BCUT2D eigenvalue weighted by Crippen LogP contribution is -2.49. The standard InChI is InChI=1S/C26H26N4O4/c1-18-7-3-4-8-21(18)17-28-13-6-14-29(26(28)32)23-10-5-9-22(16-23)27-25(31)20-12-11-19(2)24(15-20)30(33)34/h3-5,7-12,15-16H,6,13-14,17H2,1-2H3,(H,27,31). The van der Waals surface area contributed by atoms with Crippen LogP contribution < -0.4 is 10.2 Å². The summed E-state index contributed by atoms with van der Waals surface area (Å²) in [7, 11) is 0. The maximum absolute atomic E-state index is 13.2. The Morgan fingerprint density at radius 1 is 1.00 bits per heavy atom. The normalized spacial score (nSPS) is 13.6. The number of rotatable bonds is 6. The van der Waals surface area contributed by atoms with E-state index in [1.807, 2.05) is 42.2 Å². The zero-order valence-corrected chi connectivity index (χ0v) is 19.2. The quantitative estimate of drug-likeness (QED) is 0.401. The first-order valence-corrected chi connectivity index (χ1v) is 11.1. The molecule has 3 amide bonds. The number of hydrogen-bond donors (Lipinski definition) is 1. The smallest absolute Gasteiger partial charge is 0.322 e. The van der Waals surface area contributed by atoms with Crippen LogP contribution in [0.1, 0.15) is 33.5 Å². The predicted molar refractivity (Wildman–Crippen MR) is 131 cm³/mol. The average molecular weight is 459 g/mol. The zero-order valence-electron chi connectivity index (χ0n) is 19.2. The summed E-state index contributed by atoms with van der Waals surface area (Å²) in [5.74, 6) is -0.452. The molecule has 0 saturated carbocycles. The maximum atomic E-state index is 13.2. The molecular weight excluding hydrogens is 432 g/mol. The number of aryl methyl sites for hydroxylation is 2. The second-order valence-electron chi connectivity index (χ2n) is 8.40. The molecule has 0 unspecified atom stereocenters. The number of hydrogen-bond acceptors (Lipinski definition) is 4. The number of urea groups is 1. The van der Waals surface area contributed by atoms with E-state index in [-0.39, 0.29) is 17.3 Å². The molecule has 1 saturated heterocycles. The lowest BCUT2D eigenvalue weighted by atomic mass is 10.1. The van der Waals surface area contributed by atoms with Crippen LogP contribution in [0, 0.1) is 24.0 Å². The van der Waals surface area contributed by atoms with Crippen LogP contribution in [0.15, 0.2) is 66.7 Å². The van der Waals surface area contributed by atoms with Gasteiger partial charge in [0.1, 0.15) is 0 Å². The summed E-state index contributed by atoms with van der Waals surface area (Å²) in [6, 6.07) is 19.4. The summed E-state index contributed by atoms with van der Waals surface area (Å²) in [5, 5.41) is 14.0. The van der Waals surface area contributed by atoms with Crippen molar-refractivity contribution in [3.05, 3.63) is 99.1 Å². The third-order valence-corrected chi connectivity index (χ3v) is 6.02.